The number of aromatic nitrogens is 1. The molecular formula is C17H21N3S. The first kappa shape index (κ1) is 15.4. The molecule has 0 fully saturated rings. The van der Waals surface area contributed by atoms with Crippen LogP contribution in [0.1, 0.15) is 35.4 Å². The number of hydrogen-bond donors (Lipinski definition) is 2. The molecule has 0 aliphatic heterocycles. The summed E-state index contributed by atoms with van der Waals surface area (Å²) in [6.45, 7) is 6.93. The van der Waals surface area contributed by atoms with Gasteiger partial charge in [0.25, 0.3) is 0 Å². The number of thiocarbonyl (C=S) groups is 1. The molecule has 1 aromatic carbocycles. The fourth-order valence-electron chi connectivity index (χ4n) is 2.44. The van der Waals surface area contributed by atoms with Crippen molar-refractivity contribution in [3.63, 3.8) is 0 Å². The lowest BCUT2D eigenvalue weighted by Crippen LogP contribution is -2.18. The van der Waals surface area contributed by atoms with Crippen LogP contribution in [0.3, 0.4) is 0 Å². The zero-order valence-corrected chi connectivity index (χ0v) is 13.5. The van der Waals surface area contributed by atoms with E-state index in [1.807, 2.05) is 26.0 Å². The van der Waals surface area contributed by atoms with Crippen LogP contribution in [-0.2, 0) is 0 Å². The van der Waals surface area contributed by atoms with Crippen molar-refractivity contribution in [2.45, 2.75) is 26.7 Å². The number of nitrogens with one attached hydrogen (secondary N) is 1. The van der Waals surface area contributed by atoms with Crippen molar-refractivity contribution in [1.82, 2.24) is 4.98 Å². The van der Waals surface area contributed by atoms with Crippen molar-refractivity contribution in [2.75, 3.05) is 11.9 Å². The van der Waals surface area contributed by atoms with Crippen LogP contribution in [0.5, 0.6) is 0 Å². The molecule has 1 unspecified atom stereocenters. The monoisotopic (exact) mass is 299 g/mol. The molecule has 0 saturated carbocycles. The first-order valence-electron chi connectivity index (χ1n) is 7.06. The zero-order chi connectivity index (χ0) is 15.4. The van der Waals surface area contributed by atoms with Crippen LogP contribution in [0.2, 0.25) is 0 Å². The van der Waals surface area contributed by atoms with Gasteiger partial charge >= 0.3 is 0 Å². The predicted molar refractivity (Wildman–Crippen MR) is 92.9 cm³/mol. The van der Waals surface area contributed by atoms with Gasteiger partial charge in [0.2, 0.25) is 0 Å². The van der Waals surface area contributed by atoms with Crippen LogP contribution in [0, 0.1) is 13.8 Å². The van der Waals surface area contributed by atoms with Gasteiger partial charge in [-0.15, -0.1) is 0 Å². The Morgan fingerprint density at radius 2 is 1.95 bits per heavy atom. The van der Waals surface area contributed by atoms with E-state index in [0.29, 0.717) is 10.9 Å². The van der Waals surface area contributed by atoms with Crippen LogP contribution in [-0.4, -0.2) is 16.5 Å². The van der Waals surface area contributed by atoms with Crippen molar-refractivity contribution in [1.29, 1.82) is 0 Å². The fraction of sp³-hybridized carbons (Fsp3) is 0.294. The van der Waals surface area contributed by atoms with Crippen molar-refractivity contribution < 1.29 is 0 Å². The number of anilines is 1. The standard InChI is InChI=1S/C17H21N3S/c1-11(14-7-5-4-6-8-14)10-19-15-9-12(2)20-13(3)16(15)17(18)21/h4-9,11H,10H2,1-3H3,(H2,18,21)(H,19,20). The summed E-state index contributed by atoms with van der Waals surface area (Å²) in [6, 6.07) is 12.4. The normalized spacial score (nSPS) is 12.0. The van der Waals surface area contributed by atoms with E-state index in [-0.39, 0.29) is 0 Å². The third-order valence-electron chi connectivity index (χ3n) is 3.54. The Morgan fingerprint density at radius 1 is 1.29 bits per heavy atom. The minimum Gasteiger partial charge on any atom is -0.389 e. The topological polar surface area (TPSA) is 50.9 Å². The van der Waals surface area contributed by atoms with Crippen molar-refractivity contribution in [3.8, 4) is 0 Å². The molecule has 0 saturated heterocycles. The van der Waals surface area contributed by atoms with E-state index >= 15 is 0 Å². The van der Waals surface area contributed by atoms with Gasteiger partial charge in [0, 0.05) is 23.6 Å². The number of aryl methyl sites for hydroxylation is 2. The van der Waals surface area contributed by atoms with Crippen molar-refractivity contribution >= 4 is 22.9 Å². The van der Waals surface area contributed by atoms with Gasteiger partial charge < -0.3 is 11.1 Å². The number of benzene rings is 1. The third kappa shape index (κ3) is 3.79. The van der Waals surface area contributed by atoms with Crippen molar-refractivity contribution in [3.05, 3.63) is 58.9 Å². The van der Waals surface area contributed by atoms with Crippen LogP contribution in [0.15, 0.2) is 36.4 Å². The Morgan fingerprint density at radius 3 is 2.57 bits per heavy atom. The van der Waals surface area contributed by atoms with Crippen molar-refractivity contribution in [2.24, 2.45) is 5.73 Å². The highest BCUT2D eigenvalue weighted by molar-refractivity contribution is 7.80. The second-order valence-electron chi connectivity index (χ2n) is 5.33. The molecule has 0 amide bonds. The van der Waals surface area contributed by atoms with Gasteiger partial charge in [0.1, 0.15) is 4.99 Å². The SMILES string of the molecule is Cc1cc(NCC(C)c2ccccc2)c(C(N)=S)c(C)n1. The Bertz CT molecular complexity index is 638. The van der Waals surface area contributed by atoms with E-state index in [9.17, 15) is 0 Å². The molecule has 0 aliphatic rings. The maximum Gasteiger partial charge on any atom is 0.107 e. The maximum absolute atomic E-state index is 5.83. The Hall–Kier alpha value is -1.94. The molecular weight excluding hydrogens is 278 g/mol. The van der Waals surface area contributed by atoms with E-state index in [1.54, 1.807) is 0 Å². The fourth-order valence-corrected chi connectivity index (χ4v) is 2.70. The van der Waals surface area contributed by atoms with Gasteiger partial charge in [0.05, 0.1) is 5.56 Å². The minimum absolute atomic E-state index is 0.384. The Kier molecular flexibility index (Phi) is 4.91. The summed E-state index contributed by atoms with van der Waals surface area (Å²) in [4.78, 5) is 4.82. The van der Waals surface area contributed by atoms with Gasteiger partial charge in [-0.3, -0.25) is 4.98 Å². The van der Waals surface area contributed by atoms with Gasteiger partial charge in [-0.2, -0.15) is 0 Å². The summed E-state index contributed by atoms with van der Waals surface area (Å²) in [7, 11) is 0. The molecule has 1 heterocycles. The van der Waals surface area contributed by atoms with E-state index in [4.69, 9.17) is 18.0 Å². The van der Waals surface area contributed by atoms with E-state index < -0.39 is 0 Å². The van der Waals surface area contributed by atoms with Gasteiger partial charge in [-0.05, 0) is 31.4 Å². The summed E-state index contributed by atoms with van der Waals surface area (Å²) in [5, 5.41) is 3.47. The molecule has 3 nitrogen and oxygen atoms in total. The summed E-state index contributed by atoms with van der Waals surface area (Å²) in [5.74, 6) is 0.402. The largest absolute Gasteiger partial charge is 0.389 e. The molecule has 1 aromatic heterocycles. The predicted octanol–water partition coefficient (Wildman–Crippen LogP) is 3.55. The van der Waals surface area contributed by atoms with Crippen LogP contribution < -0.4 is 11.1 Å². The number of nitrogens with zero attached hydrogens (tertiary/aromatic N) is 1. The Labute approximate surface area is 131 Å². The van der Waals surface area contributed by atoms with E-state index in [2.05, 4.69) is 41.5 Å². The molecule has 3 N–H and O–H groups in total. The molecule has 110 valence electrons. The summed E-state index contributed by atoms with van der Waals surface area (Å²) >= 11 is 5.15. The molecule has 2 rings (SSSR count). The van der Waals surface area contributed by atoms with E-state index in [1.165, 1.54) is 5.56 Å². The van der Waals surface area contributed by atoms with Gasteiger partial charge in [0.15, 0.2) is 0 Å². The highest BCUT2D eigenvalue weighted by Crippen LogP contribution is 2.22. The molecule has 4 heteroatoms. The zero-order valence-electron chi connectivity index (χ0n) is 12.7. The molecule has 0 spiro atoms. The van der Waals surface area contributed by atoms with Crippen LogP contribution >= 0.6 is 12.2 Å². The number of hydrogen-bond acceptors (Lipinski definition) is 3. The van der Waals surface area contributed by atoms with Crippen LogP contribution in [0.4, 0.5) is 5.69 Å². The quantitative estimate of drug-likeness (QED) is 0.829. The molecule has 0 radical (unpaired) electrons. The molecule has 0 bridgehead atoms. The highest BCUT2D eigenvalue weighted by atomic mass is 32.1. The highest BCUT2D eigenvalue weighted by Gasteiger charge is 2.12. The number of rotatable bonds is 5. The maximum atomic E-state index is 5.83. The first-order valence-corrected chi connectivity index (χ1v) is 7.46. The second kappa shape index (κ2) is 6.68. The summed E-state index contributed by atoms with van der Waals surface area (Å²) < 4.78 is 0. The lowest BCUT2D eigenvalue weighted by Gasteiger charge is -2.17. The van der Waals surface area contributed by atoms with Gasteiger partial charge in [-0.25, -0.2) is 0 Å². The summed E-state index contributed by atoms with van der Waals surface area (Å²) in [6.07, 6.45) is 0. The van der Waals surface area contributed by atoms with Gasteiger partial charge in [-0.1, -0.05) is 49.5 Å². The number of nitrogens with two attached hydrogens (primary N) is 1. The number of pyridine rings is 1. The second-order valence-corrected chi connectivity index (χ2v) is 5.77. The van der Waals surface area contributed by atoms with E-state index in [0.717, 1.165) is 29.2 Å². The summed E-state index contributed by atoms with van der Waals surface area (Å²) in [5.41, 5.74) is 10.8. The lowest BCUT2D eigenvalue weighted by molar-refractivity contribution is 0.804. The lowest BCUT2D eigenvalue weighted by atomic mass is 10.0. The molecule has 1 atom stereocenters. The average molecular weight is 299 g/mol. The average Bonchev–Trinajstić information content (AvgIpc) is 2.44. The molecule has 21 heavy (non-hydrogen) atoms. The first-order chi connectivity index (χ1) is 9.99. The van der Waals surface area contributed by atoms with Crippen LogP contribution in [0.25, 0.3) is 0 Å². The third-order valence-corrected chi connectivity index (χ3v) is 3.75. The molecule has 2 aromatic rings. The minimum atomic E-state index is 0.384. The smallest absolute Gasteiger partial charge is 0.107 e. The molecule has 0 aliphatic carbocycles. The Balaban J connectivity index is 2.18.